The highest BCUT2D eigenvalue weighted by molar-refractivity contribution is 6.15. The van der Waals surface area contributed by atoms with Gasteiger partial charge in [-0.15, -0.1) is 0 Å². The minimum Gasteiger partial charge on any atom is -0.378 e. The number of hydrogen-bond donors (Lipinski definition) is 1. The van der Waals surface area contributed by atoms with Crippen LogP contribution in [0, 0.1) is 0 Å². The molecular weight excluding hydrogens is 404 g/mol. The lowest BCUT2D eigenvalue weighted by Crippen LogP contribution is -2.40. The summed E-state index contributed by atoms with van der Waals surface area (Å²) in [6.07, 6.45) is 0. The van der Waals surface area contributed by atoms with Gasteiger partial charge in [0, 0.05) is 36.3 Å². The normalized spacial score (nSPS) is 13.4. The minimum absolute atomic E-state index is 0.0164. The van der Waals surface area contributed by atoms with Crippen molar-refractivity contribution >= 4 is 17.6 Å². The van der Waals surface area contributed by atoms with E-state index in [0.717, 1.165) is 5.56 Å². The summed E-state index contributed by atoms with van der Waals surface area (Å²) in [5, 5.41) is 2.87. The Kier molecular flexibility index (Phi) is 6.72. The summed E-state index contributed by atoms with van der Waals surface area (Å²) in [5.74, 6) is -0.530. The van der Waals surface area contributed by atoms with Gasteiger partial charge in [0.1, 0.15) is 0 Å². The van der Waals surface area contributed by atoms with E-state index in [1.54, 1.807) is 65.6 Å². The fraction of sp³-hybridized carbons (Fsp3) is 0.192. The van der Waals surface area contributed by atoms with Crippen molar-refractivity contribution in [1.29, 1.82) is 0 Å². The molecule has 0 aromatic heterocycles. The Morgan fingerprint density at radius 1 is 0.750 bits per heavy atom. The van der Waals surface area contributed by atoms with Crippen LogP contribution in [0.15, 0.2) is 78.9 Å². The van der Waals surface area contributed by atoms with E-state index in [9.17, 15) is 14.4 Å². The number of rotatable bonds is 6. The maximum absolute atomic E-state index is 12.9. The van der Waals surface area contributed by atoms with E-state index in [1.165, 1.54) is 0 Å². The number of benzene rings is 3. The van der Waals surface area contributed by atoms with Gasteiger partial charge in [-0.3, -0.25) is 14.4 Å². The van der Waals surface area contributed by atoms with Gasteiger partial charge in [-0.25, -0.2) is 0 Å². The molecule has 3 aromatic rings. The number of amides is 2. The molecule has 6 heteroatoms. The van der Waals surface area contributed by atoms with Crippen molar-refractivity contribution in [1.82, 2.24) is 10.2 Å². The third-order valence-electron chi connectivity index (χ3n) is 5.40. The Balaban J connectivity index is 1.41. The van der Waals surface area contributed by atoms with Crippen LogP contribution in [-0.2, 0) is 11.3 Å². The van der Waals surface area contributed by atoms with Gasteiger partial charge in [-0.2, -0.15) is 0 Å². The highest BCUT2D eigenvalue weighted by Crippen LogP contribution is 2.15. The van der Waals surface area contributed by atoms with Crippen LogP contribution in [0.2, 0.25) is 0 Å². The average Bonchev–Trinajstić information content (AvgIpc) is 2.87. The van der Waals surface area contributed by atoms with Crippen molar-refractivity contribution in [3.8, 4) is 0 Å². The molecule has 0 saturated carbocycles. The number of hydrogen-bond acceptors (Lipinski definition) is 4. The molecule has 162 valence electrons. The summed E-state index contributed by atoms with van der Waals surface area (Å²) >= 11 is 0. The summed E-state index contributed by atoms with van der Waals surface area (Å²) in [6, 6.07) is 22.9. The van der Waals surface area contributed by atoms with E-state index in [0.29, 0.717) is 55.1 Å². The number of carbonyl (C=O) groups excluding carboxylic acids is 3. The molecule has 0 spiro atoms. The molecule has 2 amide bonds. The maximum atomic E-state index is 12.9. The van der Waals surface area contributed by atoms with E-state index in [2.05, 4.69) is 5.32 Å². The first-order valence-corrected chi connectivity index (χ1v) is 10.6. The van der Waals surface area contributed by atoms with E-state index < -0.39 is 0 Å². The Labute approximate surface area is 186 Å². The second-order valence-electron chi connectivity index (χ2n) is 7.52. The van der Waals surface area contributed by atoms with Crippen molar-refractivity contribution in [2.24, 2.45) is 0 Å². The smallest absolute Gasteiger partial charge is 0.254 e. The zero-order chi connectivity index (χ0) is 22.3. The Morgan fingerprint density at radius 2 is 1.38 bits per heavy atom. The van der Waals surface area contributed by atoms with Gasteiger partial charge in [0.2, 0.25) is 0 Å². The molecule has 0 bridgehead atoms. The van der Waals surface area contributed by atoms with E-state index in [-0.39, 0.29) is 17.6 Å². The lowest BCUT2D eigenvalue weighted by atomic mass is 9.98. The van der Waals surface area contributed by atoms with Gasteiger partial charge < -0.3 is 15.0 Å². The molecule has 1 saturated heterocycles. The van der Waals surface area contributed by atoms with Gasteiger partial charge in [0.25, 0.3) is 11.8 Å². The number of carbonyl (C=O) groups is 3. The SMILES string of the molecule is O=C(NCc1ccc(C(=O)N2CCOCC2)cc1)c1ccccc1C(=O)c1ccccc1. The number of ketones is 1. The van der Waals surface area contributed by atoms with Crippen LogP contribution >= 0.6 is 0 Å². The zero-order valence-corrected chi connectivity index (χ0v) is 17.6. The van der Waals surface area contributed by atoms with Gasteiger partial charge in [0.15, 0.2) is 5.78 Å². The van der Waals surface area contributed by atoms with Crippen LogP contribution in [0.25, 0.3) is 0 Å². The predicted octanol–water partition coefficient (Wildman–Crippen LogP) is 3.32. The van der Waals surface area contributed by atoms with Crippen LogP contribution in [0.1, 0.15) is 42.2 Å². The highest BCUT2D eigenvalue weighted by atomic mass is 16.5. The third-order valence-corrected chi connectivity index (χ3v) is 5.40. The first kappa shape index (κ1) is 21.5. The maximum Gasteiger partial charge on any atom is 0.254 e. The summed E-state index contributed by atoms with van der Waals surface area (Å²) in [7, 11) is 0. The monoisotopic (exact) mass is 428 g/mol. The van der Waals surface area contributed by atoms with Gasteiger partial charge >= 0.3 is 0 Å². The van der Waals surface area contributed by atoms with Crippen LogP contribution < -0.4 is 5.32 Å². The topological polar surface area (TPSA) is 75.7 Å². The van der Waals surface area contributed by atoms with E-state index >= 15 is 0 Å². The minimum atomic E-state index is -0.321. The highest BCUT2D eigenvalue weighted by Gasteiger charge is 2.19. The largest absolute Gasteiger partial charge is 0.378 e. The van der Waals surface area contributed by atoms with Gasteiger partial charge in [-0.1, -0.05) is 60.7 Å². The zero-order valence-electron chi connectivity index (χ0n) is 17.6. The predicted molar refractivity (Wildman–Crippen MR) is 121 cm³/mol. The number of ether oxygens (including phenoxy) is 1. The van der Waals surface area contributed by atoms with Gasteiger partial charge in [-0.05, 0) is 23.8 Å². The third kappa shape index (κ3) is 4.92. The molecule has 6 nitrogen and oxygen atoms in total. The molecular formula is C26H24N2O4. The van der Waals surface area contributed by atoms with Gasteiger partial charge in [0.05, 0.1) is 18.8 Å². The molecule has 1 aliphatic heterocycles. The number of nitrogens with one attached hydrogen (secondary N) is 1. The van der Waals surface area contributed by atoms with Crippen LogP contribution in [0.4, 0.5) is 0 Å². The van der Waals surface area contributed by atoms with Crippen molar-refractivity contribution < 1.29 is 19.1 Å². The lowest BCUT2D eigenvalue weighted by molar-refractivity contribution is 0.0303. The molecule has 3 aromatic carbocycles. The molecule has 32 heavy (non-hydrogen) atoms. The van der Waals surface area contributed by atoms with Crippen molar-refractivity contribution in [3.05, 3.63) is 107 Å². The summed E-state index contributed by atoms with van der Waals surface area (Å²) in [6.45, 7) is 2.60. The van der Waals surface area contributed by atoms with Crippen LogP contribution in [0.5, 0.6) is 0 Å². The lowest BCUT2D eigenvalue weighted by Gasteiger charge is -2.26. The fourth-order valence-electron chi connectivity index (χ4n) is 3.62. The number of nitrogens with zero attached hydrogens (tertiary/aromatic N) is 1. The van der Waals surface area contributed by atoms with Crippen molar-refractivity contribution in [2.45, 2.75) is 6.54 Å². The molecule has 4 rings (SSSR count). The molecule has 1 fully saturated rings. The molecule has 0 unspecified atom stereocenters. The Morgan fingerprint density at radius 3 is 2.06 bits per heavy atom. The Hall–Kier alpha value is -3.77. The second kappa shape index (κ2) is 10.0. The summed E-state index contributed by atoms with van der Waals surface area (Å²) in [5.41, 5.74) is 2.71. The summed E-state index contributed by atoms with van der Waals surface area (Å²) in [4.78, 5) is 40.0. The van der Waals surface area contributed by atoms with Crippen molar-refractivity contribution in [2.75, 3.05) is 26.3 Å². The summed E-state index contributed by atoms with van der Waals surface area (Å²) < 4.78 is 5.29. The molecule has 0 atom stereocenters. The van der Waals surface area contributed by atoms with Crippen LogP contribution in [0.3, 0.4) is 0 Å². The molecule has 0 radical (unpaired) electrons. The van der Waals surface area contributed by atoms with E-state index in [4.69, 9.17) is 4.74 Å². The quantitative estimate of drug-likeness (QED) is 0.611. The Bertz CT molecular complexity index is 1100. The fourth-order valence-corrected chi connectivity index (χ4v) is 3.62. The van der Waals surface area contributed by atoms with Crippen LogP contribution in [-0.4, -0.2) is 48.8 Å². The van der Waals surface area contributed by atoms with E-state index in [1.807, 2.05) is 18.2 Å². The molecule has 0 aliphatic carbocycles. The first-order chi connectivity index (χ1) is 15.6. The molecule has 1 N–H and O–H groups in total. The molecule has 1 heterocycles. The second-order valence-corrected chi connectivity index (χ2v) is 7.52. The number of morpholine rings is 1. The molecule has 1 aliphatic rings. The van der Waals surface area contributed by atoms with Crippen molar-refractivity contribution in [3.63, 3.8) is 0 Å². The standard InChI is InChI=1S/C26H24N2O4/c29-24(20-6-2-1-3-7-20)22-8-4-5-9-23(22)25(30)27-18-19-10-12-21(13-11-19)26(31)28-14-16-32-17-15-28/h1-13H,14-18H2,(H,27,30). The average molecular weight is 428 g/mol. The first-order valence-electron chi connectivity index (χ1n) is 10.6.